The summed E-state index contributed by atoms with van der Waals surface area (Å²) in [4.78, 5) is 17.2. The summed E-state index contributed by atoms with van der Waals surface area (Å²) in [5.74, 6) is -0.130. The largest absolute Gasteiger partial charge is 0.383 e. The number of hydrogen-bond donors (Lipinski definition) is 2. The quantitative estimate of drug-likeness (QED) is 0.866. The molecule has 0 unspecified atom stereocenters. The number of carbonyl (C=O) groups is 1. The molecule has 1 saturated carbocycles. The van der Waals surface area contributed by atoms with E-state index in [1.807, 2.05) is 35.2 Å². The molecule has 1 aromatic carbocycles. The van der Waals surface area contributed by atoms with Gasteiger partial charge in [0.1, 0.15) is 11.2 Å². The van der Waals surface area contributed by atoms with E-state index < -0.39 is 11.2 Å². The Bertz CT molecular complexity index is 638. The first-order valence-corrected chi connectivity index (χ1v) is 10.1. The maximum atomic E-state index is 13.0. The van der Waals surface area contributed by atoms with Crippen molar-refractivity contribution in [2.75, 3.05) is 26.2 Å². The van der Waals surface area contributed by atoms with E-state index in [0.29, 0.717) is 32.4 Å². The molecule has 0 bridgehead atoms. The second kappa shape index (κ2) is 6.95. The van der Waals surface area contributed by atoms with Gasteiger partial charge in [0, 0.05) is 13.1 Å². The summed E-state index contributed by atoms with van der Waals surface area (Å²) >= 11 is 0. The molecule has 5 heteroatoms. The second-order valence-electron chi connectivity index (χ2n) is 8.29. The zero-order valence-corrected chi connectivity index (χ0v) is 15.4. The highest BCUT2D eigenvalue weighted by Gasteiger charge is 2.50. The van der Waals surface area contributed by atoms with Crippen LogP contribution in [0.5, 0.6) is 0 Å². The van der Waals surface area contributed by atoms with Crippen LogP contribution in [0.25, 0.3) is 0 Å². The Balaban J connectivity index is 1.60. The van der Waals surface area contributed by atoms with E-state index >= 15 is 0 Å². The Hall–Kier alpha value is -1.43. The van der Waals surface area contributed by atoms with E-state index in [0.717, 1.165) is 44.3 Å². The van der Waals surface area contributed by atoms with E-state index in [-0.39, 0.29) is 11.9 Å². The number of carbonyl (C=O) groups excluding carboxylic acids is 1. The van der Waals surface area contributed by atoms with Crippen molar-refractivity contribution >= 4 is 5.91 Å². The van der Waals surface area contributed by atoms with Crippen molar-refractivity contribution in [2.45, 2.75) is 62.2 Å². The molecule has 2 N–H and O–H groups in total. The monoisotopic (exact) mass is 358 g/mol. The smallest absolute Gasteiger partial charge is 0.254 e. The molecule has 3 aliphatic rings. The summed E-state index contributed by atoms with van der Waals surface area (Å²) in [5, 5.41) is 22.4. The average molecular weight is 358 g/mol. The fourth-order valence-corrected chi connectivity index (χ4v) is 5.11. The van der Waals surface area contributed by atoms with E-state index in [2.05, 4.69) is 4.90 Å². The third-order valence-corrected chi connectivity index (χ3v) is 6.68. The zero-order valence-electron chi connectivity index (χ0n) is 15.4. The summed E-state index contributed by atoms with van der Waals surface area (Å²) in [7, 11) is 0. The number of nitrogens with zero attached hydrogens (tertiary/aromatic N) is 2. The molecule has 26 heavy (non-hydrogen) atoms. The highest BCUT2D eigenvalue weighted by atomic mass is 16.3. The molecule has 2 aliphatic heterocycles. The van der Waals surface area contributed by atoms with Crippen molar-refractivity contribution in [1.29, 1.82) is 0 Å². The molecule has 0 aromatic heterocycles. The molecule has 1 amide bonds. The first-order valence-electron chi connectivity index (χ1n) is 10.1. The van der Waals surface area contributed by atoms with Gasteiger partial charge in [-0.05, 0) is 63.6 Å². The normalized spacial score (nSPS) is 32.1. The van der Waals surface area contributed by atoms with Crippen LogP contribution in [0, 0.1) is 0 Å². The van der Waals surface area contributed by atoms with Crippen molar-refractivity contribution < 1.29 is 15.0 Å². The molecule has 4 rings (SSSR count). The van der Waals surface area contributed by atoms with Gasteiger partial charge in [0.25, 0.3) is 5.91 Å². The first-order chi connectivity index (χ1) is 12.5. The van der Waals surface area contributed by atoms with Crippen LogP contribution in [0.15, 0.2) is 30.3 Å². The maximum Gasteiger partial charge on any atom is 0.254 e. The van der Waals surface area contributed by atoms with E-state index in [1.54, 1.807) is 0 Å². The summed E-state index contributed by atoms with van der Waals surface area (Å²) in [6, 6.07) is 9.76. The average Bonchev–Trinajstić information content (AvgIpc) is 3.35. The van der Waals surface area contributed by atoms with Gasteiger partial charge in [-0.2, -0.15) is 0 Å². The minimum absolute atomic E-state index is 0.116. The number of likely N-dealkylation sites (tertiary alicyclic amines) is 2. The topological polar surface area (TPSA) is 64.0 Å². The molecule has 2 saturated heterocycles. The van der Waals surface area contributed by atoms with Crippen LogP contribution < -0.4 is 0 Å². The van der Waals surface area contributed by atoms with Gasteiger partial charge in [0.15, 0.2) is 0 Å². The minimum Gasteiger partial charge on any atom is -0.383 e. The predicted molar refractivity (Wildman–Crippen MR) is 99.5 cm³/mol. The number of rotatable bonds is 3. The third-order valence-electron chi connectivity index (χ3n) is 6.68. The van der Waals surface area contributed by atoms with Crippen LogP contribution in [0.3, 0.4) is 0 Å². The molecule has 2 heterocycles. The van der Waals surface area contributed by atoms with Crippen molar-refractivity contribution in [1.82, 2.24) is 9.80 Å². The van der Waals surface area contributed by atoms with Crippen LogP contribution >= 0.6 is 0 Å². The summed E-state index contributed by atoms with van der Waals surface area (Å²) in [5.41, 5.74) is -1.19. The van der Waals surface area contributed by atoms with Crippen molar-refractivity contribution in [3.05, 3.63) is 35.9 Å². The van der Waals surface area contributed by atoms with Gasteiger partial charge in [-0.1, -0.05) is 30.3 Å². The number of hydrogen-bond acceptors (Lipinski definition) is 4. The Kier molecular flexibility index (Phi) is 4.80. The van der Waals surface area contributed by atoms with Crippen molar-refractivity contribution in [2.24, 2.45) is 0 Å². The number of benzene rings is 1. The predicted octanol–water partition coefficient (Wildman–Crippen LogP) is 1.88. The Labute approximate surface area is 155 Å². The van der Waals surface area contributed by atoms with Crippen molar-refractivity contribution in [3.8, 4) is 0 Å². The van der Waals surface area contributed by atoms with E-state index in [1.165, 1.54) is 0 Å². The molecule has 142 valence electrons. The molecule has 0 spiro atoms. The lowest BCUT2D eigenvalue weighted by Crippen LogP contribution is -2.63. The summed E-state index contributed by atoms with van der Waals surface area (Å²) in [6.07, 6.45) is 5.76. The standard InChI is InChI=1S/C21H30N2O3/c24-19(20(25)10-4-5-11-20)23-15-12-21(26,17-8-2-1-3-9-17)18(16-23)22-13-6-7-14-22/h1-3,8-9,18,25-26H,4-7,10-16H2/t18-,21+/m1/s1. The van der Waals surface area contributed by atoms with Gasteiger partial charge in [-0.3, -0.25) is 9.69 Å². The first kappa shape index (κ1) is 18.0. The van der Waals surface area contributed by atoms with Crippen LogP contribution in [0.4, 0.5) is 0 Å². The number of piperidine rings is 1. The molecule has 1 aromatic rings. The Morgan fingerprint density at radius 2 is 1.58 bits per heavy atom. The number of amides is 1. The van der Waals surface area contributed by atoms with Gasteiger partial charge in [-0.15, -0.1) is 0 Å². The highest BCUT2D eigenvalue weighted by molar-refractivity contribution is 5.85. The summed E-state index contributed by atoms with van der Waals surface area (Å²) < 4.78 is 0. The lowest BCUT2D eigenvalue weighted by atomic mass is 9.79. The van der Waals surface area contributed by atoms with Crippen molar-refractivity contribution in [3.63, 3.8) is 0 Å². The third kappa shape index (κ3) is 3.06. The van der Waals surface area contributed by atoms with Crippen LogP contribution in [-0.4, -0.2) is 63.7 Å². The molecule has 2 atom stereocenters. The molecule has 0 radical (unpaired) electrons. The highest BCUT2D eigenvalue weighted by Crippen LogP contribution is 2.39. The van der Waals surface area contributed by atoms with E-state index in [4.69, 9.17) is 0 Å². The minimum atomic E-state index is -1.18. The van der Waals surface area contributed by atoms with Crippen LogP contribution in [0.1, 0.15) is 50.5 Å². The zero-order chi connectivity index (χ0) is 18.2. The molecule has 3 fully saturated rings. The van der Waals surface area contributed by atoms with Gasteiger partial charge >= 0.3 is 0 Å². The van der Waals surface area contributed by atoms with E-state index in [9.17, 15) is 15.0 Å². The Morgan fingerprint density at radius 3 is 2.23 bits per heavy atom. The van der Waals surface area contributed by atoms with Gasteiger partial charge in [0.2, 0.25) is 0 Å². The molecule has 5 nitrogen and oxygen atoms in total. The second-order valence-corrected chi connectivity index (χ2v) is 8.29. The maximum absolute atomic E-state index is 13.0. The molecule has 1 aliphatic carbocycles. The lowest BCUT2D eigenvalue weighted by Gasteiger charge is -2.49. The molecular formula is C21H30N2O3. The SMILES string of the molecule is O=C(N1CC[C@](O)(c2ccccc2)[C@H](N2CCCC2)C1)C1(O)CCCC1. The fraction of sp³-hybridized carbons (Fsp3) is 0.667. The Morgan fingerprint density at radius 1 is 0.923 bits per heavy atom. The molecular weight excluding hydrogens is 328 g/mol. The van der Waals surface area contributed by atoms with Crippen LogP contribution in [0.2, 0.25) is 0 Å². The van der Waals surface area contributed by atoms with Crippen LogP contribution in [-0.2, 0) is 10.4 Å². The lowest BCUT2D eigenvalue weighted by molar-refractivity contribution is -0.161. The van der Waals surface area contributed by atoms with Gasteiger partial charge in [0.05, 0.1) is 6.04 Å². The number of aliphatic hydroxyl groups is 2. The van der Waals surface area contributed by atoms with Gasteiger partial charge < -0.3 is 15.1 Å². The van der Waals surface area contributed by atoms with Gasteiger partial charge in [-0.25, -0.2) is 0 Å². The summed E-state index contributed by atoms with van der Waals surface area (Å²) in [6.45, 7) is 2.92. The fourth-order valence-electron chi connectivity index (χ4n) is 5.11.